The maximum Gasteiger partial charge on any atom is 0.0700 e. The number of ether oxygens (including phenoxy) is 1. The molecule has 54 valence electrons. The summed E-state index contributed by atoms with van der Waals surface area (Å²) in [5, 5.41) is 0. The second-order valence-electron chi connectivity index (χ2n) is 2.70. The van der Waals surface area contributed by atoms with Crippen LogP contribution < -0.4 is 5.73 Å². The van der Waals surface area contributed by atoms with Gasteiger partial charge in [-0.15, -0.1) is 0 Å². The van der Waals surface area contributed by atoms with Crippen LogP contribution in [0.25, 0.3) is 0 Å². The van der Waals surface area contributed by atoms with E-state index in [0.29, 0.717) is 12.6 Å². The van der Waals surface area contributed by atoms with E-state index in [1.165, 1.54) is 12.8 Å². The molecule has 9 heavy (non-hydrogen) atoms. The zero-order valence-electron chi connectivity index (χ0n) is 5.97. The van der Waals surface area contributed by atoms with Gasteiger partial charge in [0.15, 0.2) is 0 Å². The Labute approximate surface area is 56.4 Å². The van der Waals surface area contributed by atoms with E-state index in [4.69, 9.17) is 10.5 Å². The van der Waals surface area contributed by atoms with Gasteiger partial charge in [0.05, 0.1) is 6.10 Å². The predicted molar refractivity (Wildman–Crippen MR) is 37.2 cm³/mol. The Morgan fingerprint density at radius 2 is 2.44 bits per heavy atom. The van der Waals surface area contributed by atoms with Crippen molar-refractivity contribution >= 4 is 0 Å². The number of hydrogen-bond acceptors (Lipinski definition) is 2. The summed E-state index contributed by atoms with van der Waals surface area (Å²) in [6.45, 7) is 3.82. The van der Waals surface area contributed by atoms with Crippen molar-refractivity contribution in [2.75, 3.05) is 13.2 Å². The molecule has 1 fully saturated rings. The first-order valence-electron chi connectivity index (χ1n) is 3.68. The van der Waals surface area contributed by atoms with Gasteiger partial charge in [-0.3, -0.25) is 0 Å². The van der Waals surface area contributed by atoms with E-state index in [9.17, 15) is 0 Å². The molecule has 0 amide bonds. The fourth-order valence-corrected chi connectivity index (χ4v) is 1.23. The van der Waals surface area contributed by atoms with E-state index in [0.717, 1.165) is 12.5 Å². The van der Waals surface area contributed by atoms with E-state index in [1.807, 2.05) is 0 Å². The number of nitrogens with two attached hydrogens (primary N) is 1. The Balaban J connectivity index is 2.20. The monoisotopic (exact) mass is 129 g/mol. The van der Waals surface area contributed by atoms with Crippen LogP contribution in [0.2, 0.25) is 0 Å². The smallest absolute Gasteiger partial charge is 0.0700 e. The van der Waals surface area contributed by atoms with E-state index < -0.39 is 0 Å². The van der Waals surface area contributed by atoms with Crippen LogP contribution >= 0.6 is 0 Å². The first-order valence-corrected chi connectivity index (χ1v) is 3.68. The lowest BCUT2D eigenvalue weighted by Crippen LogP contribution is -2.18. The SMILES string of the molecule is CC[C@H]1CO[C@H](CN)C1. The van der Waals surface area contributed by atoms with Gasteiger partial charge in [0.1, 0.15) is 0 Å². The maximum atomic E-state index is 5.43. The van der Waals surface area contributed by atoms with E-state index in [1.54, 1.807) is 0 Å². The Morgan fingerprint density at radius 1 is 1.67 bits per heavy atom. The Kier molecular flexibility index (Phi) is 2.49. The van der Waals surface area contributed by atoms with Gasteiger partial charge >= 0.3 is 0 Å². The molecule has 0 spiro atoms. The van der Waals surface area contributed by atoms with Crippen LogP contribution in [0.1, 0.15) is 19.8 Å². The minimum Gasteiger partial charge on any atom is -0.377 e. The average molecular weight is 129 g/mol. The highest BCUT2D eigenvalue weighted by atomic mass is 16.5. The molecule has 0 bridgehead atoms. The summed E-state index contributed by atoms with van der Waals surface area (Å²) in [4.78, 5) is 0. The summed E-state index contributed by atoms with van der Waals surface area (Å²) < 4.78 is 5.38. The van der Waals surface area contributed by atoms with E-state index >= 15 is 0 Å². The lowest BCUT2D eigenvalue weighted by Gasteiger charge is -2.02. The third-order valence-electron chi connectivity index (χ3n) is 2.00. The van der Waals surface area contributed by atoms with Crippen LogP contribution in [0.3, 0.4) is 0 Å². The van der Waals surface area contributed by atoms with Crippen molar-refractivity contribution in [3.63, 3.8) is 0 Å². The largest absolute Gasteiger partial charge is 0.377 e. The van der Waals surface area contributed by atoms with E-state index in [-0.39, 0.29) is 0 Å². The molecule has 0 aromatic heterocycles. The molecule has 1 saturated heterocycles. The van der Waals surface area contributed by atoms with Gasteiger partial charge < -0.3 is 10.5 Å². The fraction of sp³-hybridized carbons (Fsp3) is 1.00. The molecule has 2 nitrogen and oxygen atoms in total. The second kappa shape index (κ2) is 3.18. The summed E-state index contributed by atoms with van der Waals surface area (Å²) in [5.41, 5.74) is 5.43. The summed E-state index contributed by atoms with van der Waals surface area (Å²) in [6.07, 6.45) is 2.76. The van der Waals surface area contributed by atoms with Crippen molar-refractivity contribution in [1.29, 1.82) is 0 Å². The third-order valence-corrected chi connectivity index (χ3v) is 2.00. The molecule has 0 aliphatic carbocycles. The van der Waals surface area contributed by atoms with Crippen molar-refractivity contribution in [2.24, 2.45) is 11.7 Å². The van der Waals surface area contributed by atoms with Gasteiger partial charge in [0.25, 0.3) is 0 Å². The summed E-state index contributed by atoms with van der Waals surface area (Å²) in [6, 6.07) is 0. The standard InChI is InChI=1S/C7H15NO/c1-2-6-3-7(4-8)9-5-6/h6-7H,2-5,8H2,1H3/t6-,7+/m1/s1. The Hall–Kier alpha value is -0.0800. The van der Waals surface area contributed by atoms with Crippen molar-refractivity contribution in [3.8, 4) is 0 Å². The third kappa shape index (κ3) is 1.66. The molecular formula is C7H15NO. The normalized spacial score (nSPS) is 35.3. The van der Waals surface area contributed by atoms with Gasteiger partial charge in [-0.25, -0.2) is 0 Å². The minimum absolute atomic E-state index is 0.356. The zero-order valence-corrected chi connectivity index (χ0v) is 5.97. The summed E-state index contributed by atoms with van der Waals surface area (Å²) in [7, 11) is 0. The van der Waals surface area contributed by atoms with Crippen LogP contribution in [-0.2, 0) is 4.74 Å². The molecule has 0 radical (unpaired) electrons. The van der Waals surface area contributed by atoms with Gasteiger partial charge in [-0.05, 0) is 12.3 Å². The van der Waals surface area contributed by atoms with Crippen molar-refractivity contribution < 1.29 is 4.74 Å². The highest BCUT2D eigenvalue weighted by molar-refractivity contribution is 4.72. The quantitative estimate of drug-likeness (QED) is 0.597. The lowest BCUT2D eigenvalue weighted by molar-refractivity contribution is 0.112. The minimum atomic E-state index is 0.356. The first kappa shape index (κ1) is 7.03. The lowest BCUT2D eigenvalue weighted by atomic mass is 10.0. The van der Waals surface area contributed by atoms with Crippen LogP contribution in [-0.4, -0.2) is 19.3 Å². The van der Waals surface area contributed by atoms with Gasteiger partial charge in [0, 0.05) is 13.2 Å². The molecule has 1 aliphatic heterocycles. The summed E-state index contributed by atoms with van der Waals surface area (Å²) >= 11 is 0. The fourth-order valence-electron chi connectivity index (χ4n) is 1.23. The number of rotatable bonds is 2. The van der Waals surface area contributed by atoms with Crippen LogP contribution in [0.4, 0.5) is 0 Å². The molecule has 0 aromatic carbocycles. The molecule has 2 N–H and O–H groups in total. The van der Waals surface area contributed by atoms with Gasteiger partial charge in [0.2, 0.25) is 0 Å². The predicted octanol–water partition coefficient (Wildman–Crippen LogP) is 0.760. The van der Waals surface area contributed by atoms with Crippen molar-refractivity contribution in [2.45, 2.75) is 25.9 Å². The van der Waals surface area contributed by atoms with Crippen LogP contribution in [0.5, 0.6) is 0 Å². The molecule has 1 heterocycles. The molecule has 2 atom stereocenters. The first-order chi connectivity index (χ1) is 4.36. The van der Waals surface area contributed by atoms with Gasteiger partial charge in [-0.2, -0.15) is 0 Å². The highest BCUT2D eigenvalue weighted by Crippen LogP contribution is 2.20. The second-order valence-corrected chi connectivity index (χ2v) is 2.70. The maximum absolute atomic E-state index is 5.43. The van der Waals surface area contributed by atoms with E-state index in [2.05, 4.69) is 6.92 Å². The Morgan fingerprint density at radius 3 is 2.78 bits per heavy atom. The average Bonchev–Trinajstić information content (AvgIpc) is 2.34. The molecule has 1 rings (SSSR count). The van der Waals surface area contributed by atoms with Crippen molar-refractivity contribution in [3.05, 3.63) is 0 Å². The van der Waals surface area contributed by atoms with Gasteiger partial charge in [-0.1, -0.05) is 13.3 Å². The topological polar surface area (TPSA) is 35.2 Å². The van der Waals surface area contributed by atoms with Crippen LogP contribution in [0, 0.1) is 5.92 Å². The Bertz CT molecular complexity index is 75.0. The molecular weight excluding hydrogens is 114 g/mol. The molecule has 0 unspecified atom stereocenters. The molecule has 1 aliphatic rings. The van der Waals surface area contributed by atoms with Crippen molar-refractivity contribution in [1.82, 2.24) is 0 Å². The van der Waals surface area contributed by atoms with Crippen LogP contribution in [0.15, 0.2) is 0 Å². The molecule has 0 saturated carbocycles. The molecule has 2 heteroatoms. The number of hydrogen-bond donors (Lipinski definition) is 1. The highest BCUT2D eigenvalue weighted by Gasteiger charge is 2.22. The molecule has 0 aromatic rings. The summed E-state index contributed by atoms with van der Waals surface area (Å²) in [5.74, 6) is 0.776. The zero-order chi connectivity index (χ0) is 6.69.